The minimum atomic E-state index is -3.51. The van der Waals surface area contributed by atoms with E-state index in [-0.39, 0.29) is 17.3 Å². The summed E-state index contributed by atoms with van der Waals surface area (Å²) in [4.78, 5) is 0.144. The second-order valence-corrected chi connectivity index (χ2v) is 6.39. The summed E-state index contributed by atoms with van der Waals surface area (Å²) >= 11 is 0. The van der Waals surface area contributed by atoms with Crippen LogP contribution in [0.3, 0.4) is 0 Å². The summed E-state index contributed by atoms with van der Waals surface area (Å²) in [7, 11) is -3.51. The number of halogens is 1. The second kappa shape index (κ2) is 7.60. The topological polar surface area (TPSA) is 82.0 Å². The molecule has 0 aromatic heterocycles. The maximum atomic E-state index is 12.0. The largest absolute Gasteiger partial charge is 0.314 e. The van der Waals surface area contributed by atoms with Crippen molar-refractivity contribution in [3.05, 3.63) is 29.8 Å². The van der Waals surface area contributed by atoms with Gasteiger partial charge in [-0.05, 0) is 44.0 Å². The Balaban J connectivity index is 0.00000200. The fraction of sp³-hybridized carbons (Fsp3) is 0.462. The van der Waals surface area contributed by atoms with Gasteiger partial charge in [-0.2, -0.15) is 5.26 Å². The molecule has 2 N–H and O–H groups in total. The number of hydrogen-bond acceptors (Lipinski definition) is 4. The number of hydrogen-bond donors (Lipinski definition) is 2. The highest BCUT2D eigenvalue weighted by Crippen LogP contribution is 2.12. The number of nitrogens with zero attached hydrogens (tertiary/aromatic N) is 1. The van der Waals surface area contributed by atoms with Gasteiger partial charge in [0.2, 0.25) is 10.0 Å². The average Bonchev–Trinajstić information content (AvgIpc) is 2.92. The first-order valence-corrected chi connectivity index (χ1v) is 7.83. The maximum absolute atomic E-state index is 12.0. The van der Waals surface area contributed by atoms with Crippen molar-refractivity contribution in [1.29, 1.82) is 5.26 Å². The van der Waals surface area contributed by atoms with E-state index in [9.17, 15) is 8.42 Å². The minimum absolute atomic E-state index is 0. The molecular weight excluding hydrogens is 298 g/mol. The summed E-state index contributed by atoms with van der Waals surface area (Å²) in [6.45, 7) is 1.43. The van der Waals surface area contributed by atoms with Crippen LogP contribution in [0, 0.1) is 11.3 Å². The zero-order valence-corrected chi connectivity index (χ0v) is 12.6. The zero-order valence-electron chi connectivity index (χ0n) is 11.0. The molecule has 1 saturated heterocycles. The van der Waals surface area contributed by atoms with Gasteiger partial charge in [0.1, 0.15) is 0 Å². The first-order valence-electron chi connectivity index (χ1n) is 6.35. The predicted molar refractivity (Wildman–Crippen MR) is 79.2 cm³/mol. The Hall–Kier alpha value is -1.13. The van der Waals surface area contributed by atoms with E-state index in [1.807, 2.05) is 6.07 Å². The van der Waals surface area contributed by atoms with Crippen LogP contribution in [0.2, 0.25) is 0 Å². The van der Waals surface area contributed by atoms with Gasteiger partial charge in [0.05, 0.1) is 16.5 Å². The van der Waals surface area contributed by atoms with Gasteiger partial charge in [-0.15, -0.1) is 12.4 Å². The maximum Gasteiger partial charge on any atom is 0.240 e. The minimum Gasteiger partial charge on any atom is -0.314 e. The van der Waals surface area contributed by atoms with Crippen LogP contribution < -0.4 is 10.0 Å². The lowest BCUT2D eigenvalue weighted by Gasteiger charge is -2.11. The van der Waals surface area contributed by atoms with Crippen molar-refractivity contribution in [3.8, 4) is 6.07 Å². The van der Waals surface area contributed by atoms with Crippen molar-refractivity contribution in [1.82, 2.24) is 10.0 Å². The Morgan fingerprint density at radius 2 is 2.25 bits per heavy atom. The van der Waals surface area contributed by atoms with Crippen LogP contribution in [0.25, 0.3) is 0 Å². The van der Waals surface area contributed by atoms with E-state index in [4.69, 9.17) is 5.26 Å². The van der Waals surface area contributed by atoms with Crippen LogP contribution in [-0.4, -0.2) is 27.5 Å². The van der Waals surface area contributed by atoms with Crippen LogP contribution in [0.5, 0.6) is 0 Å². The van der Waals surface area contributed by atoms with Crippen molar-refractivity contribution in [2.45, 2.75) is 30.2 Å². The van der Waals surface area contributed by atoms with Crippen LogP contribution in [0.15, 0.2) is 29.2 Å². The lowest BCUT2D eigenvalue weighted by molar-refractivity contribution is 0.539. The van der Waals surface area contributed by atoms with E-state index in [0.29, 0.717) is 18.2 Å². The van der Waals surface area contributed by atoms with Gasteiger partial charge in [-0.1, -0.05) is 6.07 Å². The van der Waals surface area contributed by atoms with Crippen molar-refractivity contribution in [3.63, 3.8) is 0 Å². The van der Waals surface area contributed by atoms with Crippen LogP contribution in [0.4, 0.5) is 0 Å². The summed E-state index contributed by atoms with van der Waals surface area (Å²) < 4.78 is 26.6. The van der Waals surface area contributed by atoms with E-state index in [2.05, 4.69) is 10.0 Å². The summed E-state index contributed by atoms with van der Waals surface area (Å²) in [6.07, 6.45) is 3.05. The normalized spacial score (nSPS) is 18.2. The summed E-state index contributed by atoms with van der Waals surface area (Å²) in [5.74, 6) is 0. The standard InChI is InChI=1S/C13H17N3O2S.ClH/c14-10-11-3-1-5-13(9-11)19(17,18)16-8-6-12-4-2-7-15-12;/h1,3,5,9,12,15-16H,2,4,6-8H2;1H/t12-;/m1./s1. The Kier molecular flexibility index (Phi) is 6.43. The van der Waals surface area contributed by atoms with Gasteiger partial charge >= 0.3 is 0 Å². The lowest BCUT2D eigenvalue weighted by Crippen LogP contribution is -2.30. The Labute approximate surface area is 125 Å². The summed E-state index contributed by atoms with van der Waals surface area (Å²) in [5.41, 5.74) is 0.348. The highest BCUT2D eigenvalue weighted by Gasteiger charge is 2.17. The number of nitriles is 1. The van der Waals surface area contributed by atoms with Gasteiger partial charge < -0.3 is 5.32 Å². The highest BCUT2D eigenvalue weighted by atomic mass is 35.5. The predicted octanol–water partition coefficient (Wildman–Crippen LogP) is 1.40. The van der Waals surface area contributed by atoms with Crippen molar-refractivity contribution in [2.75, 3.05) is 13.1 Å². The summed E-state index contributed by atoms with van der Waals surface area (Å²) in [6, 6.07) is 8.39. The molecule has 0 amide bonds. The zero-order chi connectivity index (χ0) is 13.7. The molecule has 1 fully saturated rings. The Morgan fingerprint density at radius 1 is 1.45 bits per heavy atom. The van der Waals surface area contributed by atoms with Gasteiger partial charge in [0.15, 0.2) is 0 Å². The first kappa shape index (κ1) is 16.9. The molecule has 1 aliphatic rings. The molecule has 1 aromatic rings. The molecule has 0 bridgehead atoms. The molecule has 110 valence electrons. The third-order valence-corrected chi connectivity index (χ3v) is 4.68. The molecule has 20 heavy (non-hydrogen) atoms. The lowest BCUT2D eigenvalue weighted by atomic mass is 10.2. The van der Waals surface area contributed by atoms with Crippen molar-refractivity contribution < 1.29 is 8.42 Å². The third kappa shape index (κ3) is 4.46. The van der Waals surface area contributed by atoms with E-state index in [0.717, 1.165) is 25.8 Å². The molecule has 0 radical (unpaired) electrons. The van der Waals surface area contributed by atoms with Crippen LogP contribution in [-0.2, 0) is 10.0 Å². The number of rotatable bonds is 5. The molecule has 0 unspecified atom stereocenters. The van der Waals surface area contributed by atoms with Gasteiger partial charge in [-0.3, -0.25) is 0 Å². The highest BCUT2D eigenvalue weighted by molar-refractivity contribution is 7.89. The molecule has 1 atom stereocenters. The van der Waals surface area contributed by atoms with E-state index in [1.165, 1.54) is 12.1 Å². The number of sulfonamides is 1. The fourth-order valence-corrected chi connectivity index (χ4v) is 3.28. The molecule has 2 rings (SSSR count). The van der Waals surface area contributed by atoms with E-state index < -0.39 is 10.0 Å². The molecule has 1 heterocycles. The van der Waals surface area contributed by atoms with Crippen molar-refractivity contribution >= 4 is 22.4 Å². The number of nitrogens with one attached hydrogen (secondary N) is 2. The molecule has 1 aromatic carbocycles. The Bertz CT molecular complexity index is 578. The SMILES string of the molecule is Cl.N#Cc1cccc(S(=O)(=O)NCC[C@H]2CCCN2)c1. The summed E-state index contributed by atoms with van der Waals surface area (Å²) in [5, 5.41) is 12.1. The monoisotopic (exact) mass is 315 g/mol. The number of benzene rings is 1. The smallest absolute Gasteiger partial charge is 0.240 e. The molecule has 0 spiro atoms. The van der Waals surface area contributed by atoms with E-state index >= 15 is 0 Å². The molecule has 0 aliphatic carbocycles. The van der Waals surface area contributed by atoms with Gasteiger partial charge in [0.25, 0.3) is 0 Å². The average molecular weight is 316 g/mol. The quantitative estimate of drug-likeness (QED) is 0.860. The first-order chi connectivity index (χ1) is 9.12. The molecular formula is C13H18ClN3O2S. The third-order valence-electron chi connectivity index (χ3n) is 3.22. The Morgan fingerprint density at radius 3 is 2.90 bits per heavy atom. The van der Waals surface area contributed by atoms with Crippen molar-refractivity contribution in [2.24, 2.45) is 0 Å². The molecule has 1 aliphatic heterocycles. The van der Waals surface area contributed by atoms with Gasteiger partial charge in [-0.25, -0.2) is 13.1 Å². The van der Waals surface area contributed by atoms with E-state index in [1.54, 1.807) is 12.1 Å². The molecule has 5 nitrogen and oxygen atoms in total. The second-order valence-electron chi connectivity index (χ2n) is 4.62. The van der Waals surface area contributed by atoms with Crippen LogP contribution in [0.1, 0.15) is 24.8 Å². The molecule has 0 saturated carbocycles. The van der Waals surface area contributed by atoms with Crippen LogP contribution >= 0.6 is 12.4 Å². The molecule has 7 heteroatoms. The fourth-order valence-electron chi connectivity index (χ4n) is 2.19. The van der Waals surface area contributed by atoms with Gasteiger partial charge in [0, 0.05) is 12.6 Å².